The van der Waals surface area contributed by atoms with Crippen LogP contribution >= 0.6 is 0 Å². The summed E-state index contributed by atoms with van der Waals surface area (Å²) in [5.41, 5.74) is 2.00. The molecule has 2 fully saturated rings. The lowest BCUT2D eigenvalue weighted by Gasteiger charge is -2.23. The van der Waals surface area contributed by atoms with Crippen molar-refractivity contribution in [2.75, 3.05) is 13.7 Å². The minimum Gasteiger partial charge on any atom is -0.489 e. The molecule has 0 unspecified atom stereocenters. The minimum atomic E-state index is -3.43. The van der Waals surface area contributed by atoms with Crippen molar-refractivity contribution in [1.29, 1.82) is 0 Å². The highest BCUT2D eigenvalue weighted by atomic mass is 32.2. The van der Waals surface area contributed by atoms with E-state index >= 15 is 0 Å². The summed E-state index contributed by atoms with van der Waals surface area (Å²) >= 11 is 0. The molecule has 2 aromatic carbocycles. The highest BCUT2D eigenvalue weighted by Gasteiger charge is 2.44. The van der Waals surface area contributed by atoms with E-state index in [9.17, 15) is 8.42 Å². The van der Waals surface area contributed by atoms with Crippen LogP contribution in [0.4, 0.5) is 0 Å². The SMILES string of the molecule is CN1OC[C@@H](S(=O)(=O)NC2CC2)[C@@H]1c1ccc(OCc2ccccc2)cc1. The molecule has 0 aromatic heterocycles. The van der Waals surface area contributed by atoms with E-state index in [4.69, 9.17) is 9.57 Å². The first-order valence-corrected chi connectivity index (χ1v) is 10.7. The summed E-state index contributed by atoms with van der Waals surface area (Å²) in [7, 11) is -1.66. The average Bonchev–Trinajstić information content (AvgIpc) is 3.38. The first kappa shape index (κ1) is 18.4. The van der Waals surface area contributed by atoms with Crippen LogP contribution in [-0.4, -0.2) is 38.4 Å². The third kappa shape index (κ3) is 4.32. The molecule has 0 amide bonds. The van der Waals surface area contributed by atoms with Crippen LogP contribution in [0.3, 0.4) is 0 Å². The normalized spacial score (nSPS) is 23.4. The summed E-state index contributed by atoms with van der Waals surface area (Å²) in [6.07, 6.45) is 1.83. The molecule has 0 radical (unpaired) electrons. The van der Waals surface area contributed by atoms with E-state index in [1.165, 1.54) is 0 Å². The second-order valence-corrected chi connectivity index (χ2v) is 9.04. The van der Waals surface area contributed by atoms with Gasteiger partial charge in [0.05, 0.1) is 12.6 Å². The lowest BCUT2D eigenvalue weighted by molar-refractivity contribution is -0.110. The Bertz CT molecular complexity index is 867. The van der Waals surface area contributed by atoms with E-state index in [0.29, 0.717) is 6.61 Å². The average molecular weight is 388 g/mol. The molecule has 6 nitrogen and oxygen atoms in total. The van der Waals surface area contributed by atoms with Gasteiger partial charge >= 0.3 is 0 Å². The fraction of sp³-hybridized carbons (Fsp3) is 0.400. The Labute approximate surface area is 160 Å². The topological polar surface area (TPSA) is 67.9 Å². The third-order valence-corrected chi connectivity index (χ3v) is 6.82. The predicted octanol–water partition coefficient (Wildman–Crippen LogP) is 2.63. The molecule has 2 aliphatic rings. The Kier molecular flexibility index (Phi) is 5.19. The van der Waals surface area contributed by atoms with Gasteiger partial charge < -0.3 is 4.74 Å². The van der Waals surface area contributed by atoms with E-state index in [1.807, 2.05) is 54.6 Å². The molecule has 1 aliphatic heterocycles. The van der Waals surface area contributed by atoms with Crippen LogP contribution in [-0.2, 0) is 21.5 Å². The van der Waals surface area contributed by atoms with Crippen LogP contribution in [0.1, 0.15) is 30.0 Å². The summed E-state index contributed by atoms with van der Waals surface area (Å²) in [4.78, 5) is 5.54. The van der Waals surface area contributed by atoms with E-state index < -0.39 is 15.3 Å². The van der Waals surface area contributed by atoms with Gasteiger partial charge in [-0.1, -0.05) is 42.5 Å². The first-order chi connectivity index (χ1) is 13.0. The van der Waals surface area contributed by atoms with Crippen molar-refractivity contribution in [3.05, 3.63) is 65.7 Å². The van der Waals surface area contributed by atoms with Crippen molar-refractivity contribution in [2.45, 2.75) is 36.8 Å². The lowest BCUT2D eigenvalue weighted by atomic mass is 10.0. The lowest BCUT2D eigenvalue weighted by Crippen LogP contribution is -2.40. The van der Waals surface area contributed by atoms with Crippen LogP contribution in [0.5, 0.6) is 5.75 Å². The van der Waals surface area contributed by atoms with E-state index in [0.717, 1.165) is 29.7 Å². The molecule has 1 aliphatic carbocycles. The molecule has 0 spiro atoms. The van der Waals surface area contributed by atoms with Crippen LogP contribution in [0.25, 0.3) is 0 Å². The zero-order valence-corrected chi connectivity index (χ0v) is 16.1. The number of rotatable bonds is 7. The second-order valence-electron chi connectivity index (χ2n) is 7.11. The molecule has 4 rings (SSSR count). The van der Waals surface area contributed by atoms with Gasteiger partial charge in [-0.25, -0.2) is 13.1 Å². The summed E-state index contributed by atoms with van der Waals surface area (Å²) in [5, 5.41) is 1.01. The molecule has 144 valence electrons. The van der Waals surface area contributed by atoms with E-state index in [1.54, 1.807) is 12.1 Å². The molecule has 1 N–H and O–H groups in total. The number of nitrogens with one attached hydrogen (secondary N) is 1. The van der Waals surface area contributed by atoms with Gasteiger partial charge in [0.2, 0.25) is 10.0 Å². The fourth-order valence-corrected chi connectivity index (χ4v) is 5.09. The van der Waals surface area contributed by atoms with Crippen molar-refractivity contribution >= 4 is 10.0 Å². The van der Waals surface area contributed by atoms with Crippen molar-refractivity contribution < 1.29 is 18.0 Å². The van der Waals surface area contributed by atoms with Crippen molar-refractivity contribution in [3.8, 4) is 5.75 Å². The number of hydroxylamine groups is 2. The Morgan fingerprint density at radius 2 is 1.81 bits per heavy atom. The van der Waals surface area contributed by atoms with Crippen molar-refractivity contribution in [3.63, 3.8) is 0 Å². The maximum absolute atomic E-state index is 12.7. The van der Waals surface area contributed by atoms with Gasteiger partial charge in [-0.15, -0.1) is 0 Å². The summed E-state index contributed by atoms with van der Waals surface area (Å²) in [5.74, 6) is 0.750. The van der Waals surface area contributed by atoms with E-state index in [-0.39, 0.29) is 18.7 Å². The Morgan fingerprint density at radius 1 is 1.11 bits per heavy atom. The zero-order chi connectivity index (χ0) is 18.9. The molecule has 27 heavy (non-hydrogen) atoms. The van der Waals surface area contributed by atoms with Crippen molar-refractivity contribution in [2.24, 2.45) is 0 Å². The van der Waals surface area contributed by atoms with Crippen LogP contribution < -0.4 is 9.46 Å². The molecular weight excluding hydrogens is 364 g/mol. The molecule has 0 bridgehead atoms. The molecule has 1 heterocycles. The largest absolute Gasteiger partial charge is 0.489 e. The molecule has 7 heteroatoms. The van der Waals surface area contributed by atoms with Crippen LogP contribution in [0.2, 0.25) is 0 Å². The number of sulfonamides is 1. The summed E-state index contributed by atoms with van der Waals surface area (Å²) in [6, 6.07) is 17.3. The predicted molar refractivity (Wildman–Crippen MR) is 103 cm³/mol. The first-order valence-electron chi connectivity index (χ1n) is 9.16. The van der Waals surface area contributed by atoms with Crippen molar-refractivity contribution in [1.82, 2.24) is 9.79 Å². The van der Waals surface area contributed by atoms with Gasteiger partial charge in [-0.3, -0.25) is 4.84 Å². The van der Waals surface area contributed by atoms with Gasteiger partial charge in [-0.05, 0) is 36.1 Å². The van der Waals surface area contributed by atoms with Gasteiger partial charge in [0.15, 0.2) is 0 Å². The molecular formula is C20H24N2O4S. The summed E-state index contributed by atoms with van der Waals surface area (Å²) in [6.45, 7) is 0.657. The minimum absolute atomic E-state index is 0.0929. The Hall–Kier alpha value is -1.93. The number of benzene rings is 2. The molecule has 2 atom stereocenters. The highest BCUT2D eigenvalue weighted by Crippen LogP contribution is 2.35. The summed E-state index contributed by atoms with van der Waals surface area (Å²) < 4.78 is 34.0. The maximum Gasteiger partial charge on any atom is 0.219 e. The van der Waals surface area contributed by atoms with Crippen LogP contribution in [0.15, 0.2) is 54.6 Å². The maximum atomic E-state index is 12.7. The van der Waals surface area contributed by atoms with Gasteiger partial charge in [0.1, 0.15) is 17.6 Å². The smallest absolute Gasteiger partial charge is 0.219 e. The standard InChI is InChI=1S/C20H24N2O4S/c1-22-20(19(14-26-22)27(23,24)21-17-9-10-17)16-7-11-18(12-8-16)25-13-15-5-3-2-4-6-15/h2-8,11-12,17,19-21H,9-10,13-14H2,1H3/t19-,20+/m1/s1. The monoisotopic (exact) mass is 388 g/mol. The number of hydrogen-bond donors (Lipinski definition) is 1. The van der Waals surface area contributed by atoms with E-state index in [2.05, 4.69) is 4.72 Å². The van der Waals surface area contributed by atoms with Crippen LogP contribution in [0, 0.1) is 0 Å². The molecule has 2 aromatic rings. The number of nitrogens with zero attached hydrogens (tertiary/aromatic N) is 1. The quantitative estimate of drug-likeness (QED) is 0.790. The molecule has 1 saturated heterocycles. The second kappa shape index (κ2) is 7.59. The number of ether oxygens (including phenoxy) is 1. The highest BCUT2D eigenvalue weighted by molar-refractivity contribution is 7.90. The Morgan fingerprint density at radius 3 is 2.48 bits per heavy atom. The Balaban J connectivity index is 1.46. The zero-order valence-electron chi connectivity index (χ0n) is 15.2. The number of hydrogen-bond acceptors (Lipinski definition) is 5. The van der Waals surface area contributed by atoms with Gasteiger partial charge in [0, 0.05) is 13.1 Å². The van der Waals surface area contributed by atoms with Gasteiger partial charge in [0.25, 0.3) is 0 Å². The van der Waals surface area contributed by atoms with Gasteiger partial charge in [-0.2, -0.15) is 5.06 Å². The fourth-order valence-electron chi connectivity index (χ4n) is 3.30. The third-order valence-electron chi connectivity index (χ3n) is 4.96. The molecule has 1 saturated carbocycles.